The van der Waals surface area contributed by atoms with Crippen molar-refractivity contribution in [2.75, 3.05) is 13.2 Å². The van der Waals surface area contributed by atoms with Crippen LogP contribution in [0, 0.1) is 0 Å². The van der Waals surface area contributed by atoms with E-state index in [4.69, 9.17) is 35.1 Å². The van der Waals surface area contributed by atoms with E-state index < -0.39 is 48.4 Å². The Morgan fingerprint density at radius 1 is 0.825 bits per heavy atom. The first-order valence-corrected chi connectivity index (χ1v) is 12.0. The molecule has 2 aliphatic rings. The molecular formula is C26H26N6O8. The fraction of sp³-hybridized carbons (Fsp3) is 0.308. The number of benzene rings is 2. The van der Waals surface area contributed by atoms with E-state index in [0.29, 0.717) is 11.1 Å². The van der Waals surface area contributed by atoms with Gasteiger partial charge in [0.2, 0.25) is 0 Å². The minimum absolute atomic E-state index is 0.166. The van der Waals surface area contributed by atoms with Crippen LogP contribution in [0.4, 0.5) is 0 Å². The molecule has 0 fully saturated rings. The van der Waals surface area contributed by atoms with Crippen LogP contribution in [-0.4, -0.2) is 71.9 Å². The van der Waals surface area contributed by atoms with Crippen molar-refractivity contribution in [3.05, 3.63) is 117 Å². The summed E-state index contributed by atoms with van der Waals surface area (Å²) in [5.74, 6) is -1.09. The molecule has 14 nitrogen and oxygen atoms in total. The average Bonchev–Trinajstić information content (AvgIpc) is 2.99. The number of carbonyl (C=O) groups excluding carboxylic acids is 2. The number of nitrogens with zero attached hydrogens (tertiary/aromatic N) is 6. The summed E-state index contributed by atoms with van der Waals surface area (Å²) in [6, 6.07) is 15.3. The molecule has 0 saturated carbocycles. The lowest BCUT2D eigenvalue weighted by atomic mass is 10.0. The number of hydrogen-bond acceptors (Lipinski definition) is 10. The van der Waals surface area contributed by atoms with Crippen LogP contribution in [0.1, 0.15) is 20.7 Å². The van der Waals surface area contributed by atoms with Crippen LogP contribution in [0.3, 0.4) is 0 Å². The summed E-state index contributed by atoms with van der Waals surface area (Å²) in [4.78, 5) is 29.8. The quantitative estimate of drug-likeness (QED) is 0.214. The van der Waals surface area contributed by atoms with Crippen LogP contribution in [0.15, 0.2) is 95.6 Å². The molecule has 2 aromatic carbocycles. The van der Waals surface area contributed by atoms with Gasteiger partial charge in [0.1, 0.15) is 37.0 Å². The fourth-order valence-electron chi connectivity index (χ4n) is 3.65. The summed E-state index contributed by atoms with van der Waals surface area (Å²) in [5.41, 5.74) is 17.8. The van der Waals surface area contributed by atoms with Gasteiger partial charge in [0.25, 0.3) is 0 Å². The molecule has 0 radical (unpaired) electrons. The lowest BCUT2D eigenvalue weighted by molar-refractivity contribution is -0.0224. The van der Waals surface area contributed by atoms with Crippen molar-refractivity contribution in [3.8, 4) is 0 Å². The Labute approximate surface area is 228 Å². The minimum atomic E-state index is -0.883. The Morgan fingerprint density at radius 2 is 1.38 bits per heavy atom. The monoisotopic (exact) mass is 550 g/mol. The van der Waals surface area contributed by atoms with Gasteiger partial charge in [-0.25, -0.2) is 9.59 Å². The largest absolute Gasteiger partial charge is 0.495 e. The highest BCUT2D eigenvalue weighted by molar-refractivity contribution is 5.90. The number of rotatable bonds is 8. The van der Waals surface area contributed by atoms with Gasteiger partial charge in [-0.1, -0.05) is 46.6 Å². The molecule has 0 aromatic heterocycles. The maximum absolute atomic E-state index is 12.3. The topological polar surface area (TPSA) is 209 Å². The van der Waals surface area contributed by atoms with Gasteiger partial charge in [0.05, 0.1) is 36.4 Å². The number of ether oxygens (including phenoxy) is 4. The van der Waals surface area contributed by atoms with Gasteiger partial charge in [0, 0.05) is 9.82 Å². The Morgan fingerprint density at radius 3 is 1.98 bits per heavy atom. The third kappa shape index (κ3) is 8.25. The van der Waals surface area contributed by atoms with Crippen molar-refractivity contribution in [2.45, 2.75) is 36.5 Å². The van der Waals surface area contributed by atoms with Crippen molar-refractivity contribution in [1.29, 1.82) is 0 Å². The molecule has 2 N–H and O–H groups in total. The highest BCUT2D eigenvalue weighted by Crippen LogP contribution is 2.21. The average molecular weight is 551 g/mol. The Balaban J connectivity index is 0.000000307. The van der Waals surface area contributed by atoms with Crippen LogP contribution in [0.2, 0.25) is 0 Å². The molecule has 2 heterocycles. The van der Waals surface area contributed by atoms with Gasteiger partial charge in [-0.15, -0.1) is 0 Å². The molecule has 2 aromatic rings. The molecule has 0 saturated heterocycles. The normalized spacial score (nSPS) is 24.4. The lowest BCUT2D eigenvalue weighted by Gasteiger charge is -2.31. The van der Waals surface area contributed by atoms with E-state index in [1.165, 1.54) is 24.7 Å². The van der Waals surface area contributed by atoms with Crippen molar-refractivity contribution >= 4 is 11.9 Å². The Bertz CT molecular complexity index is 1280. The summed E-state index contributed by atoms with van der Waals surface area (Å²) in [6.45, 7) is -0.452. The van der Waals surface area contributed by atoms with Crippen LogP contribution < -0.4 is 0 Å². The predicted molar refractivity (Wildman–Crippen MR) is 139 cm³/mol. The molecule has 2 aliphatic heterocycles. The van der Waals surface area contributed by atoms with Gasteiger partial charge < -0.3 is 29.2 Å². The summed E-state index contributed by atoms with van der Waals surface area (Å²) in [5, 5.41) is 25.0. The third-order valence-electron chi connectivity index (χ3n) is 5.69. The molecule has 2 unspecified atom stereocenters. The molecule has 0 aliphatic carbocycles. The Hall–Kier alpha value is -5.00. The predicted octanol–water partition coefficient (Wildman–Crippen LogP) is 3.59. The van der Waals surface area contributed by atoms with Gasteiger partial charge >= 0.3 is 11.9 Å². The summed E-state index contributed by atoms with van der Waals surface area (Å²) < 4.78 is 21.1. The van der Waals surface area contributed by atoms with E-state index in [1.807, 2.05) is 0 Å². The highest BCUT2D eigenvalue weighted by Gasteiger charge is 2.35. The van der Waals surface area contributed by atoms with Crippen molar-refractivity contribution in [3.63, 3.8) is 0 Å². The molecule has 14 heteroatoms. The van der Waals surface area contributed by atoms with Gasteiger partial charge in [-0.3, -0.25) is 0 Å². The van der Waals surface area contributed by atoms with E-state index in [0.717, 1.165) is 0 Å². The zero-order valence-corrected chi connectivity index (χ0v) is 21.0. The molecule has 40 heavy (non-hydrogen) atoms. The summed E-state index contributed by atoms with van der Waals surface area (Å²) in [6.07, 6.45) is 2.30. The molecular weight excluding hydrogens is 524 g/mol. The second kappa shape index (κ2) is 15.4. The van der Waals surface area contributed by atoms with E-state index in [1.54, 1.807) is 60.7 Å². The molecule has 0 amide bonds. The second-order valence-electron chi connectivity index (χ2n) is 8.27. The fourth-order valence-corrected chi connectivity index (χ4v) is 3.65. The van der Waals surface area contributed by atoms with Gasteiger partial charge in [-0.05, 0) is 47.5 Å². The zero-order chi connectivity index (χ0) is 28.7. The lowest BCUT2D eigenvalue weighted by Crippen LogP contribution is -2.43. The number of carbonyl (C=O) groups is 2. The first-order valence-electron chi connectivity index (χ1n) is 12.0. The van der Waals surface area contributed by atoms with Crippen LogP contribution >= 0.6 is 0 Å². The first kappa shape index (κ1) is 29.6. The van der Waals surface area contributed by atoms with Crippen LogP contribution in [-0.2, 0) is 18.9 Å². The Kier molecular flexibility index (Phi) is 11.4. The number of esters is 2. The van der Waals surface area contributed by atoms with Crippen LogP contribution in [0.5, 0.6) is 0 Å². The highest BCUT2D eigenvalue weighted by atomic mass is 16.6. The van der Waals surface area contributed by atoms with Crippen molar-refractivity contribution in [2.24, 2.45) is 10.2 Å². The number of aliphatic hydroxyl groups excluding tert-OH is 2. The summed E-state index contributed by atoms with van der Waals surface area (Å²) in [7, 11) is 0. The second-order valence-corrected chi connectivity index (χ2v) is 8.27. The van der Waals surface area contributed by atoms with E-state index >= 15 is 0 Å². The maximum Gasteiger partial charge on any atom is 0.338 e. The molecule has 6 atom stereocenters. The number of azide groups is 2. The minimum Gasteiger partial charge on any atom is -0.495 e. The molecule has 4 rings (SSSR count). The standard InChI is InChI=1S/C20H17N3O5.C6H9N3O3/c21-23-22-18-16(28-20(25)15-9-5-2-6-10-15)11-12-26-17(18)13-27-19(24)14-7-3-1-4-8-14;7-9-8-6-4(11)1-2-12-5(6)3-10/h1-12,16-18H,13H2;1-2,4-6,10-11H,3H2/t16-,17?,18-;4-,5?,6-/m11/s1. The smallest absolute Gasteiger partial charge is 0.338 e. The maximum atomic E-state index is 12.3. The zero-order valence-electron chi connectivity index (χ0n) is 21.0. The SMILES string of the molecule is [N-]=[N+]=N[C@H]1C(CO)OC=C[C@H]1O.[N-]=[N+]=N[C@H]1C(COC(=O)c2ccccc2)OC=C[C@H]1OC(=O)c1ccccc1. The molecule has 208 valence electrons. The third-order valence-corrected chi connectivity index (χ3v) is 5.69. The van der Waals surface area contributed by atoms with E-state index in [2.05, 4.69) is 20.1 Å². The van der Waals surface area contributed by atoms with E-state index in [-0.39, 0.29) is 13.2 Å². The number of hydrogen-bond donors (Lipinski definition) is 2. The first-order chi connectivity index (χ1) is 19.5. The van der Waals surface area contributed by atoms with Crippen LogP contribution in [0.25, 0.3) is 20.9 Å². The molecule has 0 spiro atoms. The van der Waals surface area contributed by atoms with E-state index in [9.17, 15) is 14.7 Å². The number of aliphatic hydroxyl groups is 2. The molecule has 0 bridgehead atoms. The van der Waals surface area contributed by atoms with Crippen molar-refractivity contribution < 1.29 is 38.7 Å². The van der Waals surface area contributed by atoms with Gasteiger partial charge in [0.15, 0.2) is 0 Å². The van der Waals surface area contributed by atoms with Crippen molar-refractivity contribution in [1.82, 2.24) is 0 Å². The van der Waals surface area contributed by atoms with Gasteiger partial charge in [-0.2, -0.15) is 0 Å². The summed E-state index contributed by atoms with van der Waals surface area (Å²) >= 11 is 0.